The average molecular weight is 113 g/mol. The molecule has 0 saturated carbocycles. The molecule has 0 bridgehead atoms. The molecule has 3 nitrogen and oxygen atoms in total. The zero-order chi connectivity index (χ0) is 5.98. The average Bonchev–Trinajstić information content (AvgIpc) is 1.55. The lowest BCUT2D eigenvalue weighted by Crippen LogP contribution is -2.40. The molecule has 0 spiro atoms. The second kappa shape index (κ2) is 2.13. The summed E-state index contributed by atoms with van der Waals surface area (Å²) in [7, 11) is 0. The van der Waals surface area contributed by atoms with Gasteiger partial charge in [-0.3, -0.25) is 15.4 Å². The molecule has 0 aromatic rings. The van der Waals surface area contributed by atoms with Gasteiger partial charge in [0.25, 0.3) is 5.91 Å². The fourth-order valence-corrected chi connectivity index (χ4v) is 0.743. The van der Waals surface area contributed by atoms with Crippen molar-refractivity contribution < 1.29 is 4.79 Å². The Morgan fingerprint density at radius 2 is 2.25 bits per heavy atom. The topological polar surface area (TPSA) is 44.1 Å². The Morgan fingerprint density at radius 1 is 1.62 bits per heavy atom. The summed E-state index contributed by atoms with van der Waals surface area (Å²) in [6.45, 7) is 2.34. The number of rotatable bonds is 2. The second-order valence-electron chi connectivity index (χ2n) is 2.05. The normalized spacial score (nSPS) is 20.0. The fourth-order valence-electron chi connectivity index (χ4n) is 0.743. The number of likely N-dealkylation sites (tertiary alicyclic amines) is 1. The summed E-state index contributed by atoms with van der Waals surface area (Å²) in [6, 6.07) is 0. The highest BCUT2D eigenvalue weighted by Crippen LogP contribution is 2.02. The summed E-state index contributed by atoms with van der Waals surface area (Å²) in [5.74, 6) is -0.468. The lowest BCUT2D eigenvalue weighted by molar-refractivity contribution is -0.120. The first-order chi connectivity index (χ1) is 3.79. The highest BCUT2D eigenvalue weighted by atomic mass is 16.1. The smallest absolute Gasteiger partial charge is 0.252 e. The Hall–Kier alpha value is -0.570. The van der Waals surface area contributed by atoms with Crippen LogP contribution in [0, 0.1) is 0 Å². The van der Waals surface area contributed by atoms with Gasteiger partial charge in [-0.05, 0) is 19.5 Å². The van der Waals surface area contributed by atoms with E-state index in [1.165, 1.54) is 6.42 Å². The van der Waals surface area contributed by atoms with Crippen molar-refractivity contribution in [2.24, 2.45) is 0 Å². The van der Waals surface area contributed by atoms with E-state index in [1.807, 2.05) is 4.90 Å². The van der Waals surface area contributed by atoms with Crippen molar-refractivity contribution in [2.75, 3.05) is 19.6 Å². The van der Waals surface area contributed by atoms with Crippen LogP contribution in [0.2, 0.25) is 0 Å². The number of amides is 1. The van der Waals surface area contributed by atoms with Crippen molar-refractivity contribution in [2.45, 2.75) is 6.42 Å². The van der Waals surface area contributed by atoms with E-state index >= 15 is 0 Å². The molecule has 1 aliphatic rings. The maximum absolute atomic E-state index is 10.1. The molecule has 45 valence electrons. The SMILES string of the molecule is [NH]C(=O)CN1CCC1. The van der Waals surface area contributed by atoms with Crippen LogP contribution in [0.25, 0.3) is 0 Å². The molecule has 0 aliphatic carbocycles. The molecule has 1 fully saturated rings. The van der Waals surface area contributed by atoms with Crippen LogP contribution < -0.4 is 5.73 Å². The Bertz CT molecular complexity index is 98.6. The Balaban J connectivity index is 2.09. The van der Waals surface area contributed by atoms with Gasteiger partial charge in [0.15, 0.2) is 0 Å². The maximum Gasteiger partial charge on any atom is 0.252 e. The van der Waals surface area contributed by atoms with Crippen molar-refractivity contribution in [1.29, 1.82) is 0 Å². The van der Waals surface area contributed by atoms with Crippen molar-refractivity contribution in [3.63, 3.8) is 0 Å². The molecule has 1 amide bonds. The molecular formula is C5H9N2O. The van der Waals surface area contributed by atoms with Gasteiger partial charge in [-0.25, -0.2) is 0 Å². The molecule has 8 heavy (non-hydrogen) atoms. The number of nitrogens with zero attached hydrogens (tertiary/aromatic N) is 1. The fraction of sp³-hybridized carbons (Fsp3) is 0.800. The lowest BCUT2D eigenvalue weighted by Gasteiger charge is -2.28. The molecule has 0 aromatic heterocycles. The van der Waals surface area contributed by atoms with Gasteiger partial charge in [0.2, 0.25) is 0 Å². The third-order valence-electron chi connectivity index (χ3n) is 1.32. The van der Waals surface area contributed by atoms with E-state index < -0.39 is 5.91 Å². The van der Waals surface area contributed by atoms with Gasteiger partial charge >= 0.3 is 0 Å². The van der Waals surface area contributed by atoms with Gasteiger partial charge in [0.1, 0.15) is 0 Å². The largest absolute Gasteiger partial charge is 0.294 e. The van der Waals surface area contributed by atoms with E-state index in [2.05, 4.69) is 0 Å². The molecule has 1 radical (unpaired) electrons. The van der Waals surface area contributed by atoms with Crippen LogP contribution in [0.3, 0.4) is 0 Å². The third-order valence-corrected chi connectivity index (χ3v) is 1.32. The first-order valence-corrected chi connectivity index (χ1v) is 2.76. The first-order valence-electron chi connectivity index (χ1n) is 2.76. The minimum absolute atomic E-state index is 0.333. The predicted octanol–water partition coefficient (Wildman–Crippen LogP) is -0.498. The summed E-state index contributed by atoms with van der Waals surface area (Å²) in [4.78, 5) is 12.0. The standard InChI is InChI=1S/C5H9N2O/c6-5(8)4-7-2-1-3-7/h6H,1-4H2. The van der Waals surface area contributed by atoms with Gasteiger partial charge < -0.3 is 0 Å². The molecule has 1 N–H and O–H groups in total. The second-order valence-corrected chi connectivity index (χ2v) is 2.05. The van der Waals surface area contributed by atoms with Gasteiger partial charge in [-0.1, -0.05) is 0 Å². The van der Waals surface area contributed by atoms with Crippen LogP contribution in [-0.4, -0.2) is 30.4 Å². The van der Waals surface area contributed by atoms with Crippen LogP contribution in [0.1, 0.15) is 6.42 Å². The Labute approximate surface area is 48.5 Å². The number of nitrogens with one attached hydrogen (secondary N) is 1. The van der Waals surface area contributed by atoms with E-state index in [0.717, 1.165) is 13.1 Å². The molecule has 0 atom stereocenters. The molecule has 3 heteroatoms. The zero-order valence-electron chi connectivity index (χ0n) is 4.68. The molecule has 0 aromatic carbocycles. The highest BCUT2D eigenvalue weighted by Gasteiger charge is 2.14. The number of carbonyl (C=O) groups excluding carboxylic acids is 1. The number of hydrogen-bond donors (Lipinski definition) is 0. The van der Waals surface area contributed by atoms with Gasteiger partial charge in [-0.15, -0.1) is 0 Å². The summed E-state index contributed by atoms with van der Waals surface area (Å²) < 4.78 is 0. The van der Waals surface area contributed by atoms with Crippen LogP contribution in [0.15, 0.2) is 0 Å². The zero-order valence-corrected chi connectivity index (χ0v) is 4.68. The van der Waals surface area contributed by atoms with E-state index in [1.54, 1.807) is 0 Å². The monoisotopic (exact) mass is 113 g/mol. The van der Waals surface area contributed by atoms with Crippen molar-refractivity contribution in [1.82, 2.24) is 10.6 Å². The van der Waals surface area contributed by atoms with Gasteiger partial charge in [0.05, 0.1) is 6.54 Å². The predicted molar refractivity (Wildman–Crippen MR) is 29.2 cm³/mol. The quantitative estimate of drug-likeness (QED) is 0.484. The lowest BCUT2D eigenvalue weighted by atomic mass is 10.2. The summed E-state index contributed by atoms with van der Waals surface area (Å²) >= 11 is 0. The Kier molecular flexibility index (Phi) is 1.48. The van der Waals surface area contributed by atoms with Crippen molar-refractivity contribution >= 4 is 5.91 Å². The number of hydrogen-bond acceptors (Lipinski definition) is 2. The molecule has 0 unspecified atom stereocenters. The summed E-state index contributed by atoms with van der Waals surface area (Å²) in [5.41, 5.74) is 6.56. The highest BCUT2D eigenvalue weighted by molar-refractivity contribution is 5.75. The summed E-state index contributed by atoms with van der Waals surface area (Å²) in [6.07, 6.45) is 1.19. The molecule has 1 rings (SSSR count). The van der Waals surface area contributed by atoms with Crippen LogP contribution >= 0.6 is 0 Å². The number of carbonyl (C=O) groups is 1. The van der Waals surface area contributed by atoms with Gasteiger partial charge in [0, 0.05) is 0 Å². The van der Waals surface area contributed by atoms with E-state index in [-0.39, 0.29) is 0 Å². The molecule has 1 aliphatic heterocycles. The molecule has 1 saturated heterocycles. The van der Waals surface area contributed by atoms with Crippen LogP contribution in [-0.2, 0) is 4.79 Å². The maximum atomic E-state index is 10.1. The first kappa shape index (κ1) is 5.56. The van der Waals surface area contributed by atoms with E-state index in [0.29, 0.717) is 6.54 Å². The van der Waals surface area contributed by atoms with Crippen LogP contribution in [0.5, 0.6) is 0 Å². The molecular weight excluding hydrogens is 104 g/mol. The van der Waals surface area contributed by atoms with Crippen molar-refractivity contribution in [3.05, 3.63) is 0 Å². The minimum atomic E-state index is -0.468. The third kappa shape index (κ3) is 1.20. The van der Waals surface area contributed by atoms with E-state index in [4.69, 9.17) is 5.73 Å². The van der Waals surface area contributed by atoms with E-state index in [9.17, 15) is 4.79 Å². The minimum Gasteiger partial charge on any atom is -0.294 e. The Morgan fingerprint density at radius 3 is 2.38 bits per heavy atom. The van der Waals surface area contributed by atoms with Crippen molar-refractivity contribution in [3.8, 4) is 0 Å². The van der Waals surface area contributed by atoms with Gasteiger partial charge in [-0.2, -0.15) is 0 Å². The summed E-state index contributed by atoms with van der Waals surface area (Å²) in [5, 5.41) is 0. The molecule has 1 heterocycles. The van der Waals surface area contributed by atoms with Crippen LogP contribution in [0.4, 0.5) is 0 Å².